The summed E-state index contributed by atoms with van der Waals surface area (Å²) in [5, 5.41) is 0. The zero-order valence-corrected chi connectivity index (χ0v) is 11.5. The van der Waals surface area contributed by atoms with Gasteiger partial charge in [-0.2, -0.15) is 0 Å². The van der Waals surface area contributed by atoms with Crippen LogP contribution in [0.15, 0.2) is 48.5 Å². The van der Waals surface area contributed by atoms with E-state index in [1.54, 1.807) is 19.2 Å². The summed E-state index contributed by atoms with van der Waals surface area (Å²) in [6.45, 7) is 0. The normalized spacial score (nSPS) is 12.1. The molecule has 2 rings (SSSR count). The molecule has 0 aliphatic carbocycles. The van der Waals surface area contributed by atoms with Crippen molar-refractivity contribution >= 4 is 10.8 Å². The molecule has 0 aliphatic rings. The van der Waals surface area contributed by atoms with Crippen LogP contribution in [0, 0.1) is 5.82 Å². The Morgan fingerprint density at radius 1 is 1.05 bits per heavy atom. The molecule has 4 heteroatoms. The molecule has 2 aromatic carbocycles. The minimum atomic E-state index is -1.06. The average Bonchev–Trinajstić information content (AvgIpc) is 2.38. The van der Waals surface area contributed by atoms with Gasteiger partial charge in [0.05, 0.1) is 7.11 Å². The zero-order chi connectivity index (χ0) is 13.7. The molecule has 1 atom stereocenters. The molecule has 0 aliphatic heterocycles. The van der Waals surface area contributed by atoms with Crippen molar-refractivity contribution in [1.82, 2.24) is 0 Å². The largest absolute Gasteiger partial charge is 0.497 e. The molecule has 0 heterocycles. The van der Waals surface area contributed by atoms with Gasteiger partial charge in [-0.25, -0.2) is 4.39 Å². The van der Waals surface area contributed by atoms with Crippen molar-refractivity contribution in [3.63, 3.8) is 0 Å². The molecule has 0 saturated carbocycles. The first-order valence-corrected chi connectivity index (χ1v) is 7.38. The SMILES string of the molecule is COc1cccc(C[S@](=O)Cc2cccc(F)c2)c1. The maximum atomic E-state index is 13.0. The van der Waals surface area contributed by atoms with Gasteiger partial charge in [-0.05, 0) is 35.4 Å². The van der Waals surface area contributed by atoms with Crippen molar-refractivity contribution in [3.05, 3.63) is 65.5 Å². The van der Waals surface area contributed by atoms with Gasteiger partial charge in [0.2, 0.25) is 0 Å². The Morgan fingerprint density at radius 2 is 1.68 bits per heavy atom. The Morgan fingerprint density at radius 3 is 2.32 bits per heavy atom. The molecular weight excluding hydrogens is 263 g/mol. The lowest BCUT2D eigenvalue weighted by molar-refractivity contribution is 0.414. The topological polar surface area (TPSA) is 26.3 Å². The van der Waals surface area contributed by atoms with E-state index in [1.165, 1.54) is 12.1 Å². The lowest BCUT2D eigenvalue weighted by Gasteiger charge is -2.05. The minimum Gasteiger partial charge on any atom is -0.497 e. The standard InChI is InChI=1S/C15H15FO2S/c1-18-15-7-3-5-13(9-15)11-19(17)10-12-4-2-6-14(16)8-12/h2-9H,10-11H2,1H3/t19-/m1/s1. The van der Waals surface area contributed by atoms with E-state index in [1.807, 2.05) is 24.3 Å². The second kappa shape index (κ2) is 6.48. The molecular formula is C15H15FO2S. The molecule has 0 unspecified atom stereocenters. The van der Waals surface area contributed by atoms with E-state index in [9.17, 15) is 8.60 Å². The molecule has 2 nitrogen and oxygen atoms in total. The summed E-state index contributed by atoms with van der Waals surface area (Å²) < 4.78 is 30.2. The maximum Gasteiger partial charge on any atom is 0.123 e. The van der Waals surface area contributed by atoms with Gasteiger partial charge in [0, 0.05) is 22.3 Å². The molecule has 0 saturated heterocycles. The number of ether oxygens (including phenoxy) is 1. The molecule has 0 radical (unpaired) electrons. The molecule has 100 valence electrons. The third kappa shape index (κ3) is 4.17. The highest BCUT2D eigenvalue weighted by Crippen LogP contribution is 2.15. The van der Waals surface area contributed by atoms with Gasteiger partial charge in [-0.3, -0.25) is 4.21 Å². The van der Waals surface area contributed by atoms with Crippen LogP contribution in [0.3, 0.4) is 0 Å². The first-order chi connectivity index (χ1) is 9.17. The fourth-order valence-corrected chi connectivity index (χ4v) is 3.02. The molecule has 2 aromatic rings. The molecule has 0 aromatic heterocycles. The van der Waals surface area contributed by atoms with Crippen LogP contribution in [-0.2, 0) is 22.3 Å². The Hall–Kier alpha value is -1.68. The van der Waals surface area contributed by atoms with Crippen molar-refractivity contribution in [2.75, 3.05) is 7.11 Å². The van der Waals surface area contributed by atoms with Gasteiger partial charge in [0.1, 0.15) is 11.6 Å². The summed E-state index contributed by atoms with van der Waals surface area (Å²) in [6.07, 6.45) is 0. The fraction of sp³-hybridized carbons (Fsp3) is 0.200. The van der Waals surface area contributed by atoms with Crippen molar-refractivity contribution in [3.8, 4) is 5.75 Å². The molecule has 0 spiro atoms. The quantitative estimate of drug-likeness (QED) is 0.839. The lowest BCUT2D eigenvalue weighted by Crippen LogP contribution is -2.00. The molecule has 0 fully saturated rings. The number of hydrogen-bond donors (Lipinski definition) is 0. The Bertz CT molecular complexity index is 584. The van der Waals surface area contributed by atoms with Crippen LogP contribution in [0.1, 0.15) is 11.1 Å². The van der Waals surface area contributed by atoms with Crippen LogP contribution in [0.5, 0.6) is 5.75 Å². The summed E-state index contributed by atoms with van der Waals surface area (Å²) in [4.78, 5) is 0. The second-order valence-corrected chi connectivity index (χ2v) is 5.67. The van der Waals surface area contributed by atoms with Crippen LogP contribution in [-0.4, -0.2) is 11.3 Å². The van der Waals surface area contributed by atoms with Crippen LogP contribution >= 0.6 is 0 Å². The van der Waals surface area contributed by atoms with Crippen molar-refractivity contribution in [2.24, 2.45) is 0 Å². The second-order valence-electron chi connectivity index (χ2n) is 4.21. The summed E-state index contributed by atoms with van der Waals surface area (Å²) >= 11 is 0. The predicted molar refractivity (Wildman–Crippen MR) is 74.9 cm³/mol. The van der Waals surface area contributed by atoms with Gasteiger partial charge in [0.25, 0.3) is 0 Å². The minimum absolute atomic E-state index is 0.295. The Kier molecular flexibility index (Phi) is 4.68. The molecule has 0 N–H and O–H groups in total. The Labute approximate surface area is 114 Å². The first-order valence-electron chi connectivity index (χ1n) is 5.90. The molecule has 0 amide bonds. The van der Waals surface area contributed by atoms with Crippen LogP contribution in [0.2, 0.25) is 0 Å². The van der Waals surface area contributed by atoms with E-state index in [0.29, 0.717) is 11.5 Å². The van der Waals surface area contributed by atoms with E-state index in [2.05, 4.69) is 0 Å². The predicted octanol–water partition coefficient (Wildman–Crippen LogP) is 3.28. The Balaban J connectivity index is 2.01. The zero-order valence-electron chi connectivity index (χ0n) is 10.6. The van der Waals surface area contributed by atoms with Gasteiger partial charge in [-0.15, -0.1) is 0 Å². The summed E-state index contributed by atoms with van der Waals surface area (Å²) in [5.74, 6) is 1.25. The van der Waals surface area contributed by atoms with Gasteiger partial charge in [0.15, 0.2) is 0 Å². The van der Waals surface area contributed by atoms with E-state index < -0.39 is 10.8 Å². The average molecular weight is 278 g/mol. The monoisotopic (exact) mass is 278 g/mol. The van der Waals surface area contributed by atoms with Gasteiger partial charge < -0.3 is 4.74 Å². The van der Waals surface area contributed by atoms with Crippen molar-refractivity contribution < 1.29 is 13.3 Å². The number of rotatable bonds is 5. The maximum absolute atomic E-state index is 13.0. The van der Waals surface area contributed by atoms with Gasteiger partial charge >= 0.3 is 0 Å². The summed E-state index contributed by atoms with van der Waals surface area (Å²) in [6, 6.07) is 13.7. The highest BCUT2D eigenvalue weighted by molar-refractivity contribution is 7.83. The van der Waals surface area contributed by atoms with Crippen molar-refractivity contribution in [2.45, 2.75) is 11.5 Å². The number of methoxy groups -OCH3 is 1. The highest BCUT2D eigenvalue weighted by atomic mass is 32.2. The molecule has 0 bridgehead atoms. The number of benzene rings is 2. The third-order valence-electron chi connectivity index (χ3n) is 2.68. The van der Waals surface area contributed by atoms with Crippen LogP contribution in [0.25, 0.3) is 0 Å². The van der Waals surface area contributed by atoms with E-state index in [0.717, 1.165) is 16.9 Å². The smallest absolute Gasteiger partial charge is 0.123 e. The fourth-order valence-electron chi connectivity index (χ4n) is 1.81. The lowest BCUT2D eigenvalue weighted by atomic mass is 10.2. The third-order valence-corrected chi connectivity index (χ3v) is 3.99. The highest BCUT2D eigenvalue weighted by Gasteiger charge is 2.05. The van der Waals surface area contributed by atoms with Crippen molar-refractivity contribution in [1.29, 1.82) is 0 Å². The van der Waals surface area contributed by atoms with Gasteiger partial charge in [-0.1, -0.05) is 24.3 Å². The van der Waals surface area contributed by atoms with E-state index >= 15 is 0 Å². The van der Waals surface area contributed by atoms with E-state index in [-0.39, 0.29) is 5.82 Å². The first kappa shape index (κ1) is 13.7. The molecule has 19 heavy (non-hydrogen) atoms. The summed E-state index contributed by atoms with van der Waals surface area (Å²) in [7, 11) is 0.537. The number of hydrogen-bond acceptors (Lipinski definition) is 2. The summed E-state index contributed by atoms with van der Waals surface area (Å²) in [5.41, 5.74) is 1.70. The van der Waals surface area contributed by atoms with Crippen LogP contribution < -0.4 is 4.74 Å². The van der Waals surface area contributed by atoms with Crippen LogP contribution in [0.4, 0.5) is 4.39 Å². The van der Waals surface area contributed by atoms with E-state index in [4.69, 9.17) is 4.74 Å². The number of halogens is 1.